The molecule has 0 bridgehead atoms. The first-order valence-electron chi connectivity index (χ1n) is 5.04. The molecule has 3 nitrogen and oxygen atoms in total. The van der Waals surface area contributed by atoms with E-state index in [1.807, 2.05) is 31.2 Å². The van der Waals surface area contributed by atoms with Crippen molar-refractivity contribution in [3.8, 4) is 0 Å². The van der Waals surface area contributed by atoms with Crippen molar-refractivity contribution >= 4 is 33.3 Å². The Morgan fingerprint density at radius 3 is 2.53 bits per heavy atom. The van der Waals surface area contributed by atoms with Crippen LogP contribution in [0.1, 0.15) is 15.9 Å². The second-order valence-electron chi connectivity index (χ2n) is 3.79. The Balaban J connectivity index is 2.52. The van der Waals surface area contributed by atoms with Gasteiger partial charge < -0.3 is 5.21 Å². The van der Waals surface area contributed by atoms with E-state index in [-0.39, 0.29) is 0 Å². The van der Waals surface area contributed by atoms with Gasteiger partial charge in [0.1, 0.15) is 0 Å². The molecule has 0 spiro atoms. The average Bonchev–Trinajstić information content (AvgIpc) is 2.36. The minimum Gasteiger partial charge on any atom is -0.410 e. The second kappa shape index (κ2) is 4.55. The number of benzene rings is 2. The summed E-state index contributed by atoms with van der Waals surface area (Å²) < 4.78 is 0. The summed E-state index contributed by atoms with van der Waals surface area (Å²) in [5, 5.41) is 12.7. The van der Waals surface area contributed by atoms with E-state index in [0.717, 1.165) is 16.3 Å². The molecule has 2 aromatic rings. The topological polar surface area (TPSA) is 49.7 Å². The molecule has 0 amide bonds. The predicted octanol–water partition coefficient (Wildman–Crippen LogP) is 3.36. The number of aryl methyl sites for hydroxylation is 1. The Hall–Kier alpha value is -1.87. The van der Waals surface area contributed by atoms with Crippen LogP contribution in [0.5, 0.6) is 0 Å². The maximum absolute atomic E-state index is 11.7. The molecule has 2 aromatic carbocycles. The smallest absolute Gasteiger partial charge is 0.226 e. The molecule has 0 unspecified atom stereocenters. The van der Waals surface area contributed by atoms with E-state index in [1.165, 1.54) is 0 Å². The lowest BCUT2D eigenvalue weighted by Crippen LogP contribution is -2.07. The molecule has 1 N–H and O–H groups in total. The zero-order chi connectivity index (χ0) is 12.4. The predicted molar refractivity (Wildman–Crippen MR) is 68.1 cm³/mol. The van der Waals surface area contributed by atoms with E-state index >= 15 is 0 Å². The molecule has 0 aliphatic carbocycles. The monoisotopic (exact) mass is 247 g/mol. The highest BCUT2D eigenvalue weighted by Gasteiger charge is 2.12. The maximum Gasteiger partial charge on any atom is 0.226 e. The van der Waals surface area contributed by atoms with Crippen molar-refractivity contribution in [3.63, 3.8) is 0 Å². The molecule has 0 radical (unpaired) electrons. The third-order valence-corrected chi connectivity index (χ3v) is 2.78. The zero-order valence-electron chi connectivity index (χ0n) is 9.14. The Labute approximate surface area is 103 Å². The Bertz CT molecular complexity index is 620. The lowest BCUT2D eigenvalue weighted by Gasteiger charge is -2.02. The first-order chi connectivity index (χ1) is 8.11. The largest absolute Gasteiger partial charge is 0.410 e. The summed E-state index contributed by atoms with van der Waals surface area (Å²) in [6.07, 6.45) is 0. The molecule has 0 fully saturated rings. The molecule has 0 aromatic heterocycles. The summed E-state index contributed by atoms with van der Waals surface area (Å²) in [6, 6.07) is 11.2. The third-order valence-electron chi connectivity index (χ3n) is 2.53. The number of halogens is 1. The van der Waals surface area contributed by atoms with E-state index < -0.39 is 11.0 Å². The molecule has 17 heavy (non-hydrogen) atoms. The molecular formula is C13H10ClNO2. The van der Waals surface area contributed by atoms with Gasteiger partial charge in [-0.15, -0.1) is 0 Å². The standard InChI is InChI=1S/C13H10ClNO2/c1-8-2-3-10-7-11(5-4-9(10)6-8)12(16)13(14)15-17/h2-7,17H,1H3/b15-13-. The van der Waals surface area contributed by atoms with Crippen LogP contribution in [-0.4, -0.2) is 16.2 Å². The number of hydrogen-bond acceptors (Lipinski definition) is 3. The highest BCUT2D eigenvalue weighted by Crippen LogP contribution is 2.18. The number of carbonyl (C=O) groups is 1. The Kier molecular flexibility index (Phi) is 3.11. The van der Waals surface area contributed by atoms with Gasteiger partial charge in [0.2, 0.25) is 11.0 Å². The van der Waals surface area contributed by atoms with Crippen LogP contribution in [0.2, 0.25) is 0 Å². The number of Topliss-reactive ketones (excluding diaryl/α,β-unsaturated/α-hetero) is 1. The van der Waals surface area contributed by atoms with Gasteiger partial charge in [0.25, 0.3) is 0 Å². The molecule has 0 atom stereocenters. The number of nitrogens with zero attached hydrogens (tertiary/aromatic N) is 1. The number of rotatable bonds is 2. The van der Waals surface area contributed by atoms with Crippen LogP contribution in [0.15, 0.2) is 41.6 Å². The number of fused-ring (bicyclic) bond motifs is 1. The van der Waals surface area contributed by atoms with Gasteiger partial charge in [0.05, 0.1) is 0 Å². The molecule has 0 heterocycles. The third kappa shape index (κ3) is 2.29. The van der Waals surface area contributed by atoms with Crippen LogP contribution in [-0.2, 0) is 0 Å². The normalized spacial score (nSPS) is 11.8. The van der Waals surface area contributed by atoms with Crippen molar-refractivity contribution in [2.24, 2.45) is 5.16 Å². The van der Waals surface area contributed by atoms with Crippen LogP contribution in [0, 0.1) is 6.92 Å². The van der Waals surface area contributed by atoms with Crippen molar-refractivity contribution in [2.75, 3.05) is 0 Å². The van der Waals surface area contributed by atoms with Crippen LogP contribution in [0.25, 0.3) is 10.8 Å². The molecule has 4 heteroatoms. The molecule has 0 saturated heterocycles. The van der Waals surface area contributed by atoms with Crippen LogP contribution >= 0.6 is 11.6 Å². The average molecular weight is 248 g/mol. The van der Waals surface area contributed by atoms with E-state index in [9.17, 15) is 4.79 Å². The highest BCUT2D eigenvalue weighted by atomic mass is 35.5. The van der Waals surface area contributed by atoms with E-state index in [1.54, 1.807) is 12.1 Å². The lowest BCUT2D eigenvalue weighted by atomic mass is 10.0. The number of hydrogen-bond donors (Lipinski definition) is 1. The fraction of sp³-hybridized carbons (Fsp3) is 0.0769. The SMILES string of the molecule is Cc1ccc2cc(C(=O)/C(Cl)=N/O)ccc2c1. The van der Waals surface area contributed by atoms with Gasteiger partial charge in [-0.2, -0.15) is 0 Å². The van der Waals surface area contributed by atoms with E-state index in [0.29, 0.717) is 5.56 Å². The van der Waals surface area contributed by atoms with Crippen LogP contribution in [0.4, 0.5) is 0 Å². The van der Waals surface area contributed by atoms with Gasteiger partial charge >= 0.3 is 0 Å². The van der Waals surface area contributed by atoms with Crippen molar-refractivity contribution < 1.29 is 10.0 Å². The van der Waals surface area contributed by atoms with Crippen molar-refractivity contribution in [2.45, 2.75) is 6.92 Å². The summed E-state index contributed by atoms with van der Waals surface area (Å²) in [4.78, 5) is 11.7. The van der Waals surface area contributed by atoms with Crippen molar-refractivity contribution in [1.29, 1.82) is 0 Å². The summed E-state index contributed by atoms with van der Waals surface area (Å²) in [6.45, 7) is 2.01. The van der Waals surface area contributed by atoms with Crippen molar-refractivity contribution in [1.82, 2.24) is 0 Å². The number of oxime groups is 1. The maximum atomic E-state index is 11.7. The molecule has 0 aliphatic rings. The molecule has 0 saturated carbocycles. The highest BCUT2D eigenvalue weighted by molar-refractivity contribution is 6.84. The summed E-state index contributed by atoms with van der Waals surface area (Å²) in [5.74, 6) is -0.489. The fourth-order valence-corrected chi connectivity index (χ4v) is 1.78. The molecule has 0 aliphatic heterocycles. The first kappa shape index (κ1) is 11.6. The minimum atomic E-state index is -0.489. The zero-order valence-corrected chi connectivity index (χ0v) is 9.90. The van der Waals surface area contributed by atoms with Crippen LogP contribution < -0.4 is 0 Å². The molecular weight excluding hydrogens is 238 g/mol. The van der Waals surface area contributed by atoms with Crippen molar-refractivity contribution in [3.05, 3.63) is 47.5 Å². The van der Waals surface area contributed by atoms with Gasteiger partial charge in [0.15, 0.2) is 0 Å². The summed E-state index contributed by atoms with van der Waals surface area (Å²) in [7, 11) is 0. The molecule has 86 valence electrons. The fourth-order valence-electron chi connectivity index (χ4n) is 1.67. The first-order valence-corrected chi connectivity index (χ1v) is 5.42. The lowest BCUT2D eigenvalue weighted by molar-refractivity contribution is 0.106. The molecule has 2 rings (SSSR count). The van der Waals surface area contributed by atoms with Gasteiger partial charge in [0, 0.05) is 5.56 Å². The summed E-state index contributed by atoms with van der Waals surface area (Å²) >= 11 is 5.48. The second-order valence-corrected chi connectivity index (χ2v) is 4.14. The van der Waals surface area contributed by atoms with Gasteiger partial charge in [-0.1, -0.05) is 52.7 Å². The Morgan fingerprint density at radius 1 is 1.18 bits per heavy atom. The van der Waals surface area contributed by atoms with Crippen LogP contribution in [0.3, 0.4) is 0 Å². The van der Waals surface area contributed by atoms with Gasteiger partial charge in [-0.3, -0.25) is 4.79 Å². The minimum absolute atomic E-state index is 0.407. The van der Waals surface area contributed by atoms with E-state index in [2.05, 4.69) is 5.16 Å². The number of ketones is 1. The van der Waals surface area contributed by atoms with Gasteiger partial charge in [-0.25, -0.2) is 0 Å². The quantitative estimate of drug-likeness (QED) is 0.383. The van der Waals surface area contributed by atoms with E-state index in [4.69, 9.17) is 16.8 Å². The summed E-state index contributed by atoms with van der Waals surface area (Å²) in [5.41, 5.74) is 1.57. The Morgan fingerprint density at radius 2 is 1.82 bits per heavy atom. The van der Waals surface area contributed by atoms with Gasteiger partial charge in [-0.05, 0) is 23.8 Å². The number of carbonyl (C=O) groups excluding carboxylic acids is 1.